The number of nitrogens with two attached hydrogens (primary N) is 1. The van der Waals surface area contributed by atoms with Crippen LogP contribution in [0.2, 0.25) is 0 Å². The number of carbonyl (C=O) groups excluding carboxylic acids is 1. The summed E-state index contributed by atoms with van der Waals surface area (Å²) < 4.78 is 40.5. The van der Waals surface area contributed by atoms with E-state index >= 15 is 0 Å². The van der Waals surface area contributed by atoms with Crippen LogP contribution in [0.4, 0.5) is 18.0 Å². The van der Waals surface area contributed by atoms with Crippen LogP contribution in [0.15, 0.2) is 0 Å². The summed E-state index contributed by atoms with van der Waals surface area (Å²) in [5, 5.41) is 0. The predicted molar refractivity (Wildman–Crippen MR) is 33.3 cm³/mol. The number of carbonyl (C=O) groups is 1. The van der Waals surface area contributed by atoms with Crippen LogP contribution in [-0.4, -0.2) is 18.9 Å². The second-order valence-corrected chi connectivity index (χ2v) is 2.89. The van der Waals surface area contributed by atoms with E-state index in [1.165, 1.54) is 0 Å². The fraction of sp³-hybridized carbons (Fsp3) is 0.833. The van der Waals surface area contributed by atoms with Gasteiger partial charge in [-0.1, -0.05) is 0 Å². The van der Waals surface area contributed by atoms with Crippen LogP contribution < -0.4 is 5.73 Å². The van der Waals surface area contributed by atoms with Crippen LogP contribution in [0.3, 0.4) is 0 Å². The van der Waals surface area contributed by atoms with Gasteiger partial charge in [0.05, 0.1) is 0 Å². The average molecular weight is 183 g/mol. The molecule has 0 aromatic heterocycles. The van der Waals surface area contributed by atoms with E-state index < -0.39 is 24.3 Å². The third-order valence-electron chi connectivity index (χ3n) is 1.95. The molecular formula is C6H8F3NO2. The summed E-state index contributed by atoms with van der Waals surface area (Å²) in [5.41, 5.74) is 2.74. The van der Waals surface area contributed by atoms with Crippen LogP contribution in [0, 0.1) is 5.41 Å². The van der Waals surface area contributed by atoms with Crippen LogP contribution >= 0.6 is 0 Å². The summed E-state index contributed by atoms with van der Waals surface area (Å²) in [6, 6.07) is 0. The standard InChI is InChI=1S/C6H8F3NO2/c7-6(8,9)5(1-2-5)3-12-4(10)11/h1-3H2,(H2,10,11). The number of rotatable bonds is 2. The van der Waals surface area contributed by atoms with E-state index in [0.717, 1.165) is 0 Å². The molecule has 0 saturated heterocycles. The smallest absolute Gasteiger partial charge is 0.404 e. The number of hydrogen-bond acceptors (Lipinski definition) is 2. The Morgan fingerprint density at radius 1 is 1.50 bits per heavy atom. The summed E-state index contributed by atoms with van der Waals surface area (Å²) in [6.45, 7) is -0.647. The number of primary amides is 1. The van der Waals surface area contributed by atoms with Crippen molar-refractivity contribution in [3.63, 3.8) is 0 Å². The second kappa shape index (κ2) is 2.53. The molecule has 1 rings (SSSR count). The molecule has 0 aliphatic heterocycles. The molecular weight excluding hydrogens is 175 g/mol. The molecule has 0 radical (unpaired) electrons. The average Bonchev–Trinajstić information content (AvgIpc) is 2.60. The molecule has 0 unspecified atom stereocenters. The maximum absolute atomic E-state index is 12.1. The van der Waals surface area contributed by atoms with Crippen molar-refractivity contribution in [2.75, 3.05) is 6.61 Å². The quantitative estimate of drug-likeness (QED) is 0.703. The third-order valence-corrected chi connectivity index (χ3v) is 1.95. The van der Waals surface area contributed by atoms with Crippen LogP contribution in [0.1, 0.15) is 12.8 Å². The topological polar surface area (TPSA) is 52.3 Å². The van der Waals surface area contributed by atoms with Crippen LogP contribution in [0.25, 0.3) is 0 Å². The largest absolute Gasteiger partial charge is 0.449 e. The molecule has 2 N–H and O–H groups in total. The fourth-order valence-electron chi connectivity index (χ4n) is 0.870. The number of alkyl halides is 3. The fourth-order valence-corrected chi connectivity index (χ4v) is 0.870. The number of hydrogen-bond donors (Lipinski definition) is 1. The first-order valence-corrected chi connectivity index (χ1v) is 3.36. The van der Waals surface area contributed by atoms with Crippen molar-refractivity contribution < 1.29 is 22.7 Å². The molecule has 1 aliphatic rings. The van der Waals surface area contributed by atoms with Gasteiger partial charge in [-0.2, -0.15) is 13.2 Å². The Labute approximate surface area is 66.7 Å². The van der Waals surface area contributed by atoms with Crippen molar-refractivity contribution in [3.8, 4) is 0 Å². The Bertz CT molecular complexity index is 197. The Morgan fingerprint density at radius 3 is 2.25 bits per heavy atom. The highest BCUT2D eigenvalue weighted by atomic mass is 19.4. The van der Waals surface area contributed by atoms with Crippen LogP contribution in [0.5, 0.6) is 0 Å². The molecule has 3 nitrogen and oxygen atoms in total. The van der Waals surface area contributed by atoms with Gasteiger partial charge < -0.3 is 10.5 Å². The highest BCUT2D eigenvalue weighted by molar-refractivity contribution is 5.64. The first-order chi connectivity index (χ1) is 5.37. The van der Waals surface area contributed by atoms with Crippen molar-refractivity contribution in [2.24, 2.45) is 11.1 Å². The molecule has 1 amide bonds. The van der Waals surface area contributed by atoms with Crippen LogP contribution in [-0.2, 0) is 4.74 Å². The molecule has 0 spiro atoms. The third kappa shape index (κ3) is 1.62. The van der Waals surface area contributed by atoms with Gasteiger partial charge in [0, 0.05) is 0 Å². The monoisotopic (exact) mass is 183 g/mol. The maximum Gasteiger partial charge on any atom is 0.404 e. The molecule has 1 aliphatic carbocycles. The lowest BCUT2D eigenvalue weighted by molar-refractivity contribution is -0.196. The van der Waals surface area contributed by atoms with E-state index in [1.54, 1.807) is 0 Å². The minimum absolute atomic E-state index is 0.0176. The summed E-state index contributed by atoms with van der Waals surface area (Å²) in [4.78, 5) is 10.0. The highest BCUT2D eigenvalue weighted by Gasteiger charge is 2.64. The summed E-state index contributed by atoms with van der Waals surface area (Å²) in [5.74, 6) is 0. The minimum atomic E-state index is -4.29. The molecule has 0 aromatic rings. The van der Waals surface area contributed by atoms with Crippen molar-refractivity contribution in [2.45, 2.75) is 19.0 Å². The second-order valence-electron chi connectivity index (χ2n) is 2.89. The molecule has 6 heteroatoms. The number of amides is 1. The number of halogens is 3. The van der Waals surface area contributed by atoms with E-state index in [-0.39, 0.29) is 12.8 Å². The SMILES string of the molecule is NC(=O)OCC1(C(F)(F)F)CC1. The van der Waals surface area contributed by atoms with Crippen molar-refractivity contribution in [1.29, 1.82) is 0 Å². The summed E-state index contributed by atoms with van der Waals surface area (Å²) >= 11 is 0. The molecule has 1 fully saturated rings. The summed E-state index contributed by atoms with van der Waals surface area (Å²) in [7, 11) is 0. The van der Waals surface area contributed by atoms with Gasteiger partial charge in [-0.25, -0.2) is 4.79 Å². The first kappa shape index (κ1) is 9.15. The molecule has 70 valence electrons. The van der Waals surface area contributed by atoms with Gasteiger partial charge in [0.25, 0.3) is 0 Å². The number of ether oxygens (including phenoxy) is 1. The zero-order valence-electron chi connectivity index (χ0n) is 6.15. The molecule has 0 atom stereocenters. The van der Waals surface area contributed by atoms with Gasteiger partial charge in [-0.15, -0.1) is 0 Å². The molecule has 0 aromatic carbocycles. The highest BCUT2D eigenvalue weighted by Crippen LogP contribution is 2.57. The lowest BCUT2D eigenvalue weighted by Crippen LogP contribution is -2.31. The van der Waals surface area contributed by atoms with Crippen molar-refractivity contribution >= 4 is 6.09 Å². The Kier molecular flexibility index (Phi) is 1.93. The predicted octanol–water partition coefficient (Wildman–Crippen LogP) is 1.42. The Morgan fingerprint density at radius 2 is 2.00 bits per heavy atom. The zero-order chi connectivity index (χ0) is 9.41. The van der Waals surface area contributed by atoms with Gasteiger partial charge in [0.1, 0.15) is 12.0 Å². The Hall–Kier alpha value is -0.940. The van der Waals surface area contributed by atoms with Gasteiger partial charge in [-0.3, -0.25) is 0 Å². The van der Waals surface area contributed by atoms with Crippen molar-refractivity contribution in [3.05, 3.63) is 0 Å². The lowest BCUT2D eigenvalue weighted by atomic mass is 10.1. The minimum Gasteiger partial charge on any atom is -0.449 e. The molecule has 0 heterocycles. The maximum atomic E-state index is 12.1. The lowest BCUT2D eigenvalue weighted by Gasteiger charge is -2.17. The van der Waals surface area contributed by atoms with Crippen molar-refractivity contribution in [1.82, 2.24) is 0 Å². The van der Waals surface area contributed by atoms with Gasteiger partial charge in [-0.05, 0) is 12.8 Å². The molecule has 12 heavy (non-hydrogen) atoms. The molecule has 0 bridgehead atoms. The Balaban J connectivity index is 2.46. The van der Waals surface area contributed by atoms with E-state index in [1.807, 2.05) is 0 Å². The van der Waals surface area contributed by atoms with E-state index in [4.69, 9.17) is 0 Å². The van der Waals surface area contributed by atoms with Gasteiger partial charge in [0.15, 0.2) is 0 Å². The normalized spacial score (nSPS) is 20.2. The van der Waals surface area contributed by atoms with Gasteiger partial charge >= 0.3 is 12.3 Å². The molecule has 1 saturated carbocycles. The summed E-state index contributed by atoms with van der Waals surface area (Å²) in [6.07, 6.45) is -5.42. The van der Waals surface area contributed by atoms with E-state index in [2.05, 4.69) is 10.5 Å². The first-order valence-electron chi connectivity index (χ1n) is 3.36. The van der Waals surface area contributed by atoms with E-state index in [9.17, 15) is 18.0 Å². The zero-order valence-corrected chi connectivity index (χ0v) is 6.15. The van der Waals surface area contributed by atoms with Gasteiger partial charge in [0.2, 0.25) is 0 Å². The van der Waals surface area contributed by atoms with E-state index in [0.29, 0.717) is 0 Å².